The molecule has 1 aromatic carbocycles. The molecule has 1 aromatic heterocycles. The van der Waals surface area contributed by atoms with Gasteiger partial charge >= 0.3 is 0 Å². The van der Waals surface area contributed by atoms with Gasteiger partial charge in [0.1, 0.15) is 11.0 Å². The zero-order valence-electron chi connectivity index (χ0n) is 12.0. The highest BCUT2D eigenvalue weighted by atomic mass is 32.1. The van der Waals surface area contributed by atoms with E-state index in [1.165, 1.54) is 0 Å². The second-order valence-electron chi connectivity index (χ2n) is 4.69. The molecule has 4 N–H and O–H groups in total. The molecule has 0 spiro atoms. The topological polar surface area (TPSA) is 80.0 Å². The zero-order chi connectivity index (χ0) is 15.4. The van der Waals surface area contributed by atoms with Gasteiger partial charge in [-0.1, -0.05) is 30.4 Å². The third-order valence-electron chi connectivity index (χ3n) is 3.15. The van der Waals surface area contributed by atoms with Gasteiger partial charge in [-0.15, -0.1) is 0 Å². The van der Waals surface area contributed by atoms with Gasteiger partial charge in [-0.3, -0.25) is 9.78 Å². The number of hydrogen-bond donors (Lipinski definition) is 3. The molecule has 1 atom stereocenters. The molecule has 0 aliphatic heterocycles. The number of aromatic nitrogens is 1. The monoisotopic (exact) mass is 302 g/mol. The van der Waals surface area contributed by atoms with Gasteiger partial charge in [-0.05, 0) is 19.9 Å². The fourth-order valence-corrected chi connectivity index (χ4v) is 2.25. The van der Waals surface area contributed by atoms with E-state index in [0.717, 1.165) is 16.6 Å². The van der Waals surface area contributed by atoms with E-state index >= 15 is 0 Å². The molecule has 0 saturated carbocycles. The molecule has 0 bridgehead atoms. The first kappa shape index (κ1) is 15.2. The van der Waals surface area contributed by atoms with Crippen LogP contribution in [0.4, 0.5) is 5.69 Å². The van der Waals surface area contributed by atoms with Crippen molar-refractivity contribution in [3.63, 3.8) is 0 Å². The highest BCUT2D eigenvalue weighted by Gasteiger charge is 2.17. The first-order valence-electron chi connectivity index (χ1n) is 6.76. The molecule has 2 aromatic rings. The van der Waals surface area contributed by atoms with Gasteiger partial charge in [-0.25, -0.2) is 0 Å². The maximum Gasteiger partial charge on any atom is 0.242 e. The lowest BCUT2D eigenvalue weighted by molar-refractivity contribution is -0.121. The summed E-state index contributed by atoms with van der Waals surface area (Å²) in [6.45, 7) is 4.26. The summed E-state index contributed by atoms with van der Waals surface area (Å²) in [6, 6.07) is 7.25. The van der Waals surface area contributed by atoms with Crippen LogP contribution in [0.5, 0.6) is 0 Å². The smallest absolute Gasteiger partial charge is 0.242 e. The van der Waals surface area contributed by atoms with E-state index in [-0.39, 0.29) is 10.9 Å². The molecule has 0 aliphatic carbocycles. The Morgan fingerprint density at radius 2 is 2.14 bits per heavy atom. The molecular formula is C15H18N4OS. The molecule has 1 amide bonds. The number of amides is 1. The number of para-hydroxylation sites is 1. The summed E-state index contributed by atoms with van der Waals surface area (Å²) in [7, 11) is 0. The molecule has 0 radical (unpaired) electrons. The summed E-state index contributed by atoms with van der Waals surface area (Å²) in [5.41, 5.74) is 7.97. The second kappa shape index (κ2) is 6.49. The molecule has 0 saturated heterocycles. The highest BCUT2D eigenvalue weighted by molar-refractivity contribution is 7.80. The first-order chi connectivity index (χ1) is 10.0. The number of hydrogen-bond acceptors (Lipinski definition) is 4. The number of rotatable bonds is 5. The second-order valence-corrected chi connectivity index (χ2v) is 5.13. The van der Waals surface area contributed by atoms with E-state index in [1.54, 1.807) is 13.1 Å². The Hall–Kier alpha value is -2.21. The number of nitrogens with zero attached hydrogens (tertiary/aromatic N) is 1. The number of anilines is 1. The normalized spacial score (nSPS) is 11.9. The summed E-state index contributed by atoms with van der Waals surface area (Å²) in [6.07, 6.45) is 1.64. The maximum atomic E-state index is 11.9. The van der Waals surface area contributed by atoms with Gasteiger partial charge < -0.3 is 16.4 Å². The van der Waals surface area contributed by atoms with Crippen LogP contribution in [0.1, 0.15) is 19.4 Å². The highest BCUT2D eigenvalue weighted by Crippen LogP contribution is 2.26. The van der Waals surface area contributed by atoms with Crippen LogP contribution in [0.3, 0.4) is 0 Å². The van der Waals surface area contributed by atoms with Gasteiger partial charge in [-0.2, -0.15) is 0 Å². The van der Waals surface area contributed by atoms with Crippen LogP contribution < -0.4 is 16.4 Å². The average molecular weight is 302 g/mol. The van der Waals surface area contributed by atoms with Crippen molar-refractivity contribution < 1.29 is 4.79 Å². The van der Waals surface area contributed by atoms with Crippen molar-refractivity contribution in [3.8, 4) is 0 Å². The van der Waals surface area contributed by atoms with Gasteiger partial charge in [0.25, 0.3) is 0 Å². The van der Waals surface area contributed by atoms with Crippen LogP contribution in [0, 0.1) is 0 Å². The average Bonchev–Trinajstić information content (AvgIpc) is 2.47. The lowest BCUT2D eigenvalue weighted by Gasteiger charge is -2.18. The third-order valence-corrected chi connectivity index (χ3v) is 3.37. The Morgan fingerprint density at radius 3 is 2.81 bits per heavy atom. The van der Waals surface area contributed by atoms with E-state index in [4.69, 9.17) is 18.0 Å². The molecule has 2 rings (SSSR count). The number of carbonyl (C=O) groups is 1. The number of nitrogens with one attached hydrogen (secondary N) is 2. The SMILES string of the molecule is CCNC(=O)C(C)Nc1c(C(N)=S)cnc2ccccc12. The summed E-state index contributed by atoms with van der Waals surface area (Å²) in [4.78, 5) is 16.5. The van der Waals surface area contributed by atoms with Gasteiger partial charge in [0, 0.05) is 18.1 Å². The molecule has 0 aliphatic rings. The third kappa shape index (κ3) is 3.28. The van der Waals surface area contributed by atoms with Gasteiger partial charge in [0.05, 0.1) is 16.8 Å². The standard InChI is InChI=1S/C15H18N4OS/c1-3-17-15(20)9(2)19-13-10-6-4-5-7-12(10)18-8-11(13)14(16)21/h4-9H,3H2,1-2H3,(H2,16,21)(H,17,20)(H,18,19). The van der Waals surface area contributed by atoms with E-state index < -0.39 is 6.04 Å². The summed E-state index contributed by atoms with van der Waals surface area (Å²) in [5.74, 6) is -0.0766. The fourth-order valence-electron chi connectivity index (χ4n) is 2.09. The number of likely N-dealkylation sites (N-methyl/N-ethyl adjacent to an activating group) is 1. The molecule has 5 nitrogen and oxygen atoms in total. The number of fused-ring (bicyclic) bond motifs is 1. The van der Waals surface area contributed by atoms with Crippen LogP contribution in [-0.2, 0) is 4.79 Å². The summed E-state index contributed by atoms with van der Waals surface area (Å²) >= 11 is 5.08. The van der Waals surface area contributed by atoms with E-state index in [1.807, 2.05) is 31.2 Å². The van der Waals surface area contributed by atoms with Crippen molar-refractivity contribution >= 4 is 39.7 Å². The molecule has 1 heterocycles. The largest absolute Gasteiger partial charge is 0.389 e. The van der Waals surface area contributed by atoms with Gasteiger partial charge in [0.2, 0.25) is 5.91 Å². The minimum atomic E-state index is -0.399. The summed E-state index contributed by atoms with van der Waals surface area (Å²) in [5, 5.41) is 6.87. The minimum Gasteiger partial charge on any atom is -0.389 e. The van der Waals surface area contributed by atoms with E-state index in [2.05, 4.69) is 15.6 Å². The Labute approximate surface area is 128 Å². The van der Waals surface area contributed by atoms with Gasteiger partial charge in [0.15, 0.2) is 0 Å². The van der Waals surface area contributed by atoms with Crippen LogP contribution >= 0.6 is 12.2 Å². The Kier molecular flexibility index (Phi) is 4.70. The molecule has 1 unspecified atom stereocenters. The number of benzene rings is 1. The van der Waals surface area contributed by atoms with Crippen molar-refractivity contribution in [2.75, 3.05) is 11.9 Å². The van der Waals surface area contributed by atoms with Crippen molar-refractivity contribution in [2.24, 2.45) is 5.73 Å². The predicted octanol–water partition coefficient (Wildman–Crippen LogP) is 1.81. The van der Waals surface area contributed by atoms with Crippen LogP contribution in [-0.4, -0.2) is 28.5 Å². The lowest BCUT2D eigenvalue weighted by atomic mass is 10.1. The quantitative estimate of drug-likeness (QED) is 0.734. The van der Waals surface area contributed by atoms with E-state index in [0.29, 0.717) is 12.1 Å². The molecule has 6 heteroatoms. The Bertz CT molecular complexity index is 686. The Morgan fingerprint density at radius 1 is 1.43 bits per heavy atom. The van der Waals surface area contributed by atoms with Crippen molar-refractivity contribution in [2.45, 2.75) is 19.9 Å². The number of carbonyl (C=O) groups excluding carboxylic acids is 1. The minimum absolute atomic E-state index is 0.0766. The molecule has 110 valence electrons. The van der Waals surface area contributed by atoms with Crippen molar-refractivity contribution in [3.05, 3.63) is 36.0 Å². The van der Waals surface area contributed by atoms with Crippen LogP contribution in [0.25, 0.3) is 10.9 Å². The molecule has 0 fully saturated rings. The molecular weight excluding hydrogens is 284 g/mol. The van der Waals surface area contributed by atoms with Crippen molar-refractivity contribution in [1.29, 1.82) is 0 Å². The van der Waals surface area contributed by atoms with Crippen LogP contribution in [0.2, 0.25) is 0 Å². The van der Waals surface area contributed by atoms with E-state index in [9.17, 15) is 4.79 Å². The fraction of sp³-hybridized carbons (Fsp3) is 0.267. The number of pyridine rings is 1. The Balaban J connectivity index is 2.47. The predicted molar refractivity (Wildman–Crippen MR) is 89.4 cm³/mol. The zero-order valence-corrected chi connectivity index (χ0v) is 12.8. The van der Waals surface area contributed by atoms with Crippen LogP contribution in [0.15, 0.2) is 30.5 Å². The number of nitrogens with two attached hydrogens (primary N) is 1. The van der Waals surface area contributed by atoms with Crippen molar-refractivity contribution in [1.82, 2.24) is 10.3 Å². The maximum absolute atomic E-state index is 11.9. The molecule has 21 heavy (non-hydrogen) atoms. The lowest BCUT2D eigenvalue weighted by Crippen LogP contribution is -2.37. The first-order valence-corrected chi connectivity index (χ1v) is 7.17. The number of thiocarbonyl (C=S) groups is 1. The summed E-state index contributed by atoms with van der Waals surface area (Å²) < 4.78 is 0.